The van der Waals surface area contributed by atoms with E-state index in [1.54, 1.807) is 0 Å². The molecule has 0 aliphatic heterocycles. The lowest BCUT2D eigenvalue weighted by Gasteiger charge is -2.16. The first kappa shape index (κ1) is 18.8. The number of benzene rings is 4. The normalized spacial score (nSPS) is 11.4. The summed E-state index contributed by atoms with van der Waals surface area (Å²) >= 11 is 11.5. The van der Waals surface area contributed by atoms with E-state index in [1.165, 1.54) is 0 Å². The first-order valence-corrected chi connectivity index (χ1v) is 11.3. The lowest BCUT2D eigenvalue weighted by Crippen LogP contribution is -1.90. The van der Waals surface area contributed by atoms with Crippen molar-refractivity contribution >= 4 is 98.6 Å². The van der Waals surface area contributed by atoms with Gasteiger partial charge in [-0.2, -0.15) is 0 Å². The number of halogens is 4. The molecular formula is C20H10Br2I2O2. The van der Waals surface area contributed by atoms with Crippen molar-refractivity contribution in [3.63, 3.8) is 0 Å². The van der Waals surface area contributed by atoms with E-state index < -0.39 is 0 Å². The lowest BCUT2D eigenvalue weighted by molar-refractivity contribution is 0.467. The van der Waals surface area contributed by atoms with Gasteiger partial charge in [-0.25, -0.2) is 0 Å². The molecule has 2 nitrogen and oxygen atoms in total. The molecule has 0 atom stereocenters. The van der Waals surface area contributed by atoms with Crippen LogP contribution in [-0.2, 0) is 0 Å². The van der Waals surface area contributed by atoms with Crippen molar-refractivity contribution in [1.29, 1.82) is 0 Å². The standard InChI is InChI=1S/C20H10Br2I2O2/c21-15-7-9-5-11(23)1-3-13(9)17(19(15)25)18-14-4-2-12(24)6-10(14)8-16(22)20(18)26/h1-8,25-26H. The molecule has 130 valence electrons. The number of phenolic OH excluding ortho intramolecular Hbond substituents is 2. The average molecular weight is 696 g/mol. The van der Waals surface area contributed by atoms with E-state index in [0.717, 1.165) is 28.7 Å². The zero-order chi connectivity index (χ0) is 18.6. The molecule has 0 unspecified atom stereocenters. The van der Waals surface area contributed by atoms with Crippen molar-refractivity contribution in [3.05, 3.63) is 64.6 Å². The Morgan fingerprint density at radius 1 is 0.615 bits per heavy atom. The SMILES string of the molecule is Oc1c(Br)cc2cc(I)ccc2c1-c1c(O)c(Br)cc2cc(I)ccc12. The molecule has 2 N–H and O–H groups in total. The summed E-state index contributed by atoms with van der Waals surface area (Å²) in [6, 6.07) is 15.9. The predicted molar refractivity (Wildman–Crippen MR) is 131 cm³/mol. The van der Waals surface area contributed by atoms with Crippen LogP contribution in [-0.4, -0.2) is 10.2 Å². The Labute approximate surface area is 194 Å². The number of hydrogen-bond donors (Lipinski definition) is 2. The summed E-state index contributed by atoms with van der Waals surface area (Å²) in [6.45, 7) is 0. The van der Waals surface area contributed by atoms with Crippen LogP contribution in [0.5, 0.6) is 11.5 Å². The van der Waals surface area contributed by atoms with Gasteiger partial charge in [-0.1, -0.05) is 12.1 Å². The van der Waals surface area contributed by atoms with Gasteiger partial charge in [0.2, 0.25) is 0 Å². The number of fused-ring (bicyclic) bond motifs is 2. The van der Waals surface area contributed by atoms with Crippen LogP contribution in [0, 0.1) is 7.14 Å². The molecular weight excluding hydrogens is 686 g/mol. The topological polar surface area (TPSA) is 40.5 Å². The van der Waals surface area contributed by atoms with Crippen LogP contribution in [0.3, 0.4) is 0 Å². The van der Waals surface area contributed by atoms with Crippen LogP contribution >= 0.6 is 77.0 Å². The van der Waals surface area contributed by atoms with E-state index in [1.807, 2.05) is 36.4 Å². The zero-order valence-electron chi connectivity index (χ0n) is 13.0. The Morgan fingerprint density at radius 2 is 1.00 bits per heavy atom. The van der Waals surface area contributed by atoms with Crippen LogP contribution in [0.15, 0.2) is 57.5 Å². The summed E-state index contributed by atoms with van der Waals surface area (Å²) in [5.41, 5.74) is 1.24. The predicted octanol–water partition coefficient (Wildman–Crippen LogP) is 7.81. The average Bonchev–Trinajstić information content (AvgIpc) is 2.58. The van der Waals surface area contributed by atoms with Gasteiger partial charge in [-0.05, 0) is 135 Å². The lowest BCUT2D eigenvalue weighted by atomic mass is 9.92. The van der Waals surface area contributed by atoms with E-state index in [-0.39, 0.29) is 11.5 Å². The maximum absolute atomic E-state index is 10.9. The highest BCUT2D eigenvalue weighted by Crippen LogP contribution is 2.49. The summed E-state index contributed by atoms with van der Waals surface area (Å²) in [5.74, 6) is 0.235. The molecule has 0 aliphatic carbocycles. The van der Waals surface area contributed by atoms with E-state index in [9.17, 15) is 10.2 Å². The van der Waals surface area contributed by atoms with Crippen molar-refractivity contribution in [1.82, 2.24) is 0 Å². The monoisotopic (exact) mass is 694 g/mol. The summed E-state index contributed by atoms with van der Waals surface area (Å²) in [4.78, 5) is 0. The second-order valence-electron chi connectivity index (χ2n) is 5.89. The smallest absolute Gasteiger partial charge is 0.138 e. The van der Waals surface area contributed by atoms with Gasteiger partial charge in [0.1, 0.15) is 11.5 Å². The van der Waals surface area contributed by atoms with Crippen LogP contribution in [0.25, 0.3) is 32.7 Å². The first-order valence-electron chi connectivity index (χ1n) is 7.58. The van der Waals surface area contributed by atoms with Crippen LogP contribution in [0.2, 0.25) is 0 Å². The van der Waals surface area contributed by atoms with Crippen LogP contribution in [0.4, 0.5) is 0 Å². The molecule has 0 radical (unpaired) electrons. The zero-order valence-corrected chi connectivity index (χ0v) is 20.5. The third-order valence-corrected chi connectivity index (χ3v) is 6.86. The molecule has 0 amide bonds. The Kier molecular flexibility index (Phi) is 5.13. The molecule has 0 aromatic heterocycles. The van der Waals surface area contributed by atoms with Gasteiger partial charge in [0.15, 0.2) is 0 Å². The third kappa shape index (κ3) is 3.12. The number of rotatable bonds is 1. The molecule has 0 bridgehead atoms. The van der Waals surface area contributed by atoms with E-state index in [4.69, 9.17) is 0 Å². The Bertz CT molecular complexity index is 1110. The first-order chi connectivity index (χ1) is 12.4. The molecule has 0 aliphatic rings. The van der Waals surface area contributed by atoms with Gasteiger partial charge in [-0.3, -0.25) is 0 Å². The van der Waals surface area contributed by atoms with Crippen LogP contribution in [0.1, 0.15) is 0 Å². The second-order valence-corrected chi connectivity index (χ2v) is 10.1. The minimum absolute atomic E-state index is 0.118. The van der Waals surface area contributed by atoms with Gasteiger partial charge >= 0.3 is 0 Å². The molecule has 6 heteroatoms. The van der Waals surface area contributed by atoms with Gasteiger partial charge in [0.05, 0.1) is 8.95 Å². The molecule has 4 aromatic carbocycles. The maximum Gasteiger partial charge on any atom is 0.138 e. The van der Waals surface area contributed by atoms with Crippen molar-refractivity contribution in [3.8, 4) is 22.6 Å². The molecule has 4 aromatic rings. The van der Waals surface area contributed by atoms with Gasteiger partial charge < -0.3 is 10.2 Å². The summed E-state index contributed by atoms with van der Waals surface area (Å²) < 4.78 is 3.41. The van der Waals surface area contributed by atoms with E-state index in [2.05, 4.69) is 89.2 Å². The maximum atomic E-state index is 10.9. The molecule has 0 saturated heterocycles. The molecule has 4 rings (SSSR count). The quantitative estimate of drug-likeness (QED) is 0.200. The third-order valence-electron chi connectivity index (χ3n) is 4.31. The Morgan fingerprint density at radius 3 is 1.38 bits per heavy atom. The summed E-state index contributed by atoms with van der Waals surface area (Å²) in [5, 5.41) is 25.5. The fourth-order valence-corrected chi connectivity index (χ4v) is 5.09. The highest BCUT2D eigenvalue weighted by Gasteiger charge is 2.21. The van der Waals surface area contributed by atoms with E-state index >= 15 is 0 Å². The number of phenols is 2. The highest BCUT2D eigenvalue weighted by atomic mass is 127. The second kappa shape index (κ2) is 7.10. The minimum atomic E-state index is 0.118. The summed E-state index contributed by atoms with van der Waals surface area (Å²) in [6.07, 6.45) is 0. The van der Waals surface area contributed by atoms with Crippen molar-refractivity contribution in [2.75, 3.05) is 0 Å². The van der Waals surface area contributed by atoms with Crippen molar-refractivity contribution in [2.45, 2.75) is 0 Å². The van der Waals surface area contributed by atoms with Gasteiger partial charge in [0.25, 0.3) is 0 Å². The van der Waals surface area contributed by atoms with Gasteiger partial charge in [0, 0.05) is 18.3 Å². The largest absolute Gasteiger partial charge is 0.506 e. The fraction of sp³-hybridized carbons (Fsp3) is 0. The number of aromatic hydroxyl groups is 2. The molecule has 0 spiro atoms. The molecule has 0 fully saturated rings. The highest BCUT2D eigenvalue weighted by molar-refractivity contribution is 14.1. The van der Waals surface area contributed by atoms with E-state index in [0.29, 0.717) is 20.1 Å². The molecule has 26 heavy (non-hydrogen) atoms. The minimum Gasteiger partial charge on any atom is -0.506 e. The summed E-state index contributed by atoms with van der Waals surface area (Å²) in [7, 11) is 0. The van der Waals surface area contributed by atoms with Crippen LogP contribution < -0.4 is 0 Å². The van der Waals surface area contributed by atoms with Crippen molar-refractivity contribution < 1.29 is 10.2 Å². The number of hydrogen-bond acceptors (Lipinski definition) is 2. The van der Waals surface area contributed by atoms with Crippen molar-refractivity contribution in [2.24, 2.45) is 0 Å². The molecule has 0 heterocycles. The van der Waals surface area contributed by atoms with Gasteiger partial charge in [-0.15, -0.1) is 0 Å². The molecule has 0 saturated carbocycles. The Hall–Kier alpha value is -0.580. The Balaban J connectivity index is 2.24. The fourth-order valence-electron chi connectivity index (χ4n) is 3.17.